The summed E-state index contributed by atoms with van der Waals surface area (Å²) >= 11 is 0. The maximum atomic E-state index is 12.3. The third-order valence-corrected chi connectivity index (χ3v) is 5.32. The van der Waals surface area contributed by atoms with Crippen molar-refractivity contribution in [2.24, 2.45) is 10.2 Å². The molecule has 0 aliphatic carbocycles. The van der Waals surface area contributed by atoms with Crippen molar-refractivity contribution in [3.8, 4) is 23.0 Å². The Labute approximate surface area is 206 Å². The van der Waals surface area contributed by atoms with Gasteiger partial charge in [0.1, 0.15) is 13.2 Å². The predicted octanol–water partition coefficient (Wildman–Crippen LogP) is 2.27. The van der Waals surface area contributed by atoms with Gasteiger partial charge in [0.2, 0.25) is 12.2 Å². The molecular weight excluding hydrogens is 464 g/mol. The zero-order chi connectivity index (χ0) is 24.7. The lowest BCUT2D eigenvalue weighted by atomic mass is 10.2. The normalized spacial score (nSPS) is 18.1. The Bertz CT molecular complexity index is 1210. The molecule has 36 heavy (non-hydrogen) atoms. The highest BCUT2D eigenvalue weighted by Crippen LogP contribution is 2.31. The van der Waals surface area contributed by atoms with Crippen LogP contribution >= 0.6 is 0 Å². The molecule has 2 unspecified atom stereocenters. The van der Waals surface area contributed by atoms with Crippen LogP contribution in [0.3, 0.4) is 0 Å². The summed E-state index contributed by atoms with van der Waals surface area (Å²) in [5.74, 6) is 1.44. The number of fused-ring (bicyclic) bond motifs is 2. The smallest absolute Gasteiger partial charge is 0.284 e. The van der Waals surface area contributed by atoms with Crippen molar-refractivity contribution in [3.05, 3.63) is 83.9 Å². The van der Waals surface area contributed by atoms with Crippen molar-refractivity contribution < 1.29 is 28.5 Å². The third kappa shape index (κ3) is 5.44. The Balaban J connectivity index is 1.08. The quantitative estimate of drug-likeness (QED) is 0.408. The van der Waals surface area contributed by atoms with Crippen LogP contribution in [0.5, 0.6) is 23.0 Å². The molecule has 2 aliphatic rings. The van der Waals surface area contributed by atoms with E-state index in [2.05, 4.69) is 21.1 Å². The summed E-state index contributed by atoms with van der Waals surface area (Å²) in [6.45, 7) is 0.215. The van der Waals surface area contributed by atoms with Crippen LogP contribution in [0.15, 0.2) is 83.0 Å². The second kappa shape index (κ2) is 10.6. The van der Waals surface area contributed by atoms with Gasteiger partial charge in [-0.25, -0.2) is 10.9 Å². The second-order valence-electron chi connectivity index (χ2n) is 7.86. The van der Waals surface area contributed by atoms with E-state index in [-0.39, 0.29) is 13.2 Å². The topological polar surface area (TPSA) is 120 Å². The van der Waals surface area contributed by atoms with Crippen molar-refractivity contribution in [2.45, 2.75) is 12.2 Å². The molecule has 0 bridgehead atoms. The largest absolute Gasteiger partial charge is 0.485 e. The van der Waals surface area contributed by atoms with E-state index < -0.39 is 24.0 Å². The van der Waals surface area contributed by atoms with E-state index in [1.54, 1.807) is 48.5 Å². The number of para-hydroxylation sites is 4. The first-order chi connectivity index (χ1) is 17.7. The van der Waals surface area contributed by atoms with Gasteiger partial charge in [0.25, 0.3) is 11.8 Å². The van der Waals surface area contributed by atoms with E-state index in [4.69, 9.17) is 18.9 Å². The minimum atomic E-state index is -0.786. The van der Waals surface area contributed by atoms with Gasteiger partial charge in [-0.1, -0.05) is 48.5 Å². The predicted molar refractivity (Wildman–Crippen MR) is 131 cm³/mol. The summed E-state index contributed by atoms with van der Waals surface area (Å²) in [7, 11) is 0. The number of carbonyl (C=O) groups excluding carboxylic acids is 2. The van der Waals surface area contributed by atoms with Crippen LogP contribution in [0.1, 0.15) is 11.1 Å². The molecule has 2 N–H and O–H groups in total. The highest BCUT2D eigenvalue weighted by molar-refractivity contribution is 5.87. The van der Waals surface area contributed by atoms with Gasteiger partial charge in [-0.3, -0.25) is 9.59 Å². The molecule has 5 rings (SSSR count). The number of hydrogen-bond acceptors (Lipinski definition) is 8. The average Bonchev–Trinajstić information content (AvgIpc) is 2.93. The van der Waals surface area contributed by atoms with Crippen molar-refractivity contribution in [3.63, 3.8) is 0 Å². The lowest BCUT2D eigenvalue weighted by molar-refractivity contribution is -0.131. The molecule has 10 nitrogen and oxygen atoms in total. The molecule has 2 atom stereocenters. The third-order valence-electron chi connectivity index (χ3n) is 5.32. The summed E-state index contributed by atoms with van der Waals surface area (Å²) in [6.07, 6.45) is 1.45. The van der Waals surface area contributed by atoms with Gasteiger partial charge in [-0.15, -0.1) is 0 Å². The van der Waals surface area contributed by atoms with Crippen LogP contribution in [0.4, 0.5) is 0 Å². The molecule has 2 aliphatic heterocycles. The maximum absolute atomic E-state index is 12.3. The van der Waals surface area contributed by atoms with E-state index >= 15 is 0 Å². The van der Waals surface area contributed by atoms with Gasteiger partial charge in [0, 0.05) is 0 Å². The fourth-order valence-corrected chi connectivity index (χ4v) is 3.45. The first-order valence-corrected chi connectivity index (χ1v) is 11.2. The van der Waals surface area contributed by atoms with Crippen LogP contribution < -0.4 is 29.8 Å². The Morgan fingerprint density at radius 2 is 1.03 bits per heavy atom. The number of nitrogens with zero attached hydrogens (tertiary/aromatic N) is 2. The van der Waals surface area contributed by atoms with Crippen molar-refractivity contribution in [2.75, 3.05) is 13.2 Å². The molecule has 0 aromatic heterocycles. The van der Waals surface area contributed by atoms with E-state index in [0.29, 0.717) is 23.0 Å². The monoisotopic (exact) mass is 486 g/mol. The van der Waals surface area contributed by atoms with Crippen LogP contribution in [-0.2, 0) is 9.59 Å². The molecule has 3 aromatic carbocycles. The Hall–Kier alpha value is -4.86. The van der Waals surface area contributed by atoms with Gasteiger partial charge in [-0.2, -0.15) is 10.2 Å². The maximum Gasteiger partial charge on any atom is 0.284 e. The number of hydrogen-bond donors (Lipinski definition) is 2. The number of ether oxygens (including phenoxy) is 4. The van der Waals surface area contributed by atoms with Crippen LogP contribution in [0, 0.1) is 0 Å². The number of nitrogens with one attached hydrogen (secondary N) is 2. The molecular formula is C26H22N4O6. The molecule has 0 saturated heterocycles. The number of carbonyl (C=O) groups is 2. The first kappa shape index (κ1) is 22.9. The van der Waals surface area contributed by atoms with Crippen molar-refractivity contribution in [1.29, 1.82) is 0 Å². The Kier molecular flexibility index (Phi) is 6.74. The standard InChI is InChI=1S/C26H22N4O6/c31-25(23-15-33-19-5-1-3-7-21(19)35-23)29-27-13-17-9-11-18(12-10-17)14-28-30-26(32)24-16-34-20-6-2-4-8-22(20)36-24/h1-14,23-24H,15-16H2,(H,29,31)(H,30,32). The van der Waals surface area contributed by atoms with E-state index in [1.807, 2.05) is 24.3 Å². The summed E-state index contributed by atoms with van der Waals surface area (Å²) < 4.78 is 22.4. The lowest BCUT2D eigenvalue weighted by Crippen LogP contribution is -2.42. The molecule has 0 spiro atoms. The highest BCUT2D eigenvalue weighted by Gasteiger charge is 2.28. The number of amides is 2. The minimum Gasteiger partial charge on any atom is -0.485 e. The van der Waals surface area contributed by atoms with Crippen molar-refractivity contribution in [1.82, 2.24) is 10.9 Å². The van der Waals surface area contributed by atoms with Crippen LogP contribution in [0.25, 0.3) is 0 Å². The SMILES string of the molecule is O=C(NN=Cc1ccc(C=NNC(=O)C2COc3ccccc3O2)cc1)C1COc2ccccc2O1. The van der Waals surface area contributed by atoms with Crippen LogP contribution in [0.2, 0.25) is 0 Å². The van der Waals surface area contributed by atoms with Gasteiger partial charge in [0.15, 0.2) is 23.0 Å². The summed E-state index contributed by atoms with van der Waals surface area (Å²) in [6, 6.07) is 21.5. The van der Waals surface area contributed by atoms with Crippen molar-refractivity contribution >= 4 is 24.2 Å². The molecule has 2 heterocycles. The minimum absolute atomic E-state index is 0.107. The van der Waals surface area contributed by atoms with E-state index in [0.717, 1.165) is 11.1 Å². The molecule has 2 amide bonds. The summed E-state index contributed by atoms with van der Waals surface area (Å²) in [5, 5.41) is 7.96. The summed E-state index contributed by atoms with van der Waals surface area (Å²) in [5.41, 5.74) is 6.44. The van der Waals surface area contributed by atoms with Gasteiger partial charge in [0.05, 0.1) is 12.4 Å². The average molecular weight is 486 g/mol. The van der Waals surface area contributed by atoms with E-state index in [9.17, 15) is 9.59 Å². The zero-order valence-electron chi connectivity index (χ0n) is 19.0. The lowest BCUT2D eigenvalue weighted by Gasteiger charge is -2.24. The fourth-order valence-electron chi connectivity index (χ4n) is 3.45. The highest BCUT2D eigenvalue weighted by atomic mass is 16.6. The molecule has 182 valence electrons. The Morgan fingerprint density at radius 1 is 0.639 bits per heavy atom. The van der Waals surface area contributed by atoms with Gasteiger partial charge >= 0.3 is 0 Å². The fraction of sp³-hybridized carbons (Fsp3) is 0.154. The van der Waals surface area contributed by atoms with Gasteiger partial charge in [-0.05, 0) is 35.4 Å². The second-order valence-corrected chi connectivity index (χ2v) is 7.86. The number of hydrazone groups is 2. The number of rotatable bonds is 6. The molecule has 0 saturated carbocycles. The molecule has 0 fully saturated rings. The molecule has 0 radical (unpaired) electrons. The molecule has 3 aromatic rings. The zero-order valence-corrected chi connectivity index (χ0v) is 19.0. The van der Waals surface area contributed by atoms with E-state index in [1.165, 1.54) is 12.4 Å². The van der Waals surface area contributed by atoms with Gasteiger partial charge < -0.3 is 18.9 Å². The Morgan fingerprint density at radius 3 is 1.44 bits per heavy atom. The van der Waals surface area contributed by atoms with Crippen LogP contribution in [-0.4, -0.2) is 49.7 Å². The first-order valence-electron chi connectivity index (χ1n) is 11.2. The number of benzene rings is 3. The summed E-state index contributed by atoms with van der Waals surface area (Å²) in [4.78, 5) is 24.6. The molecule has 10 heteroatoms.